The highest BCUT2D eigenvalue weighted by atomic mass is 32.1. The highest BCUT2D eigenvalue weighted by Gasteiger charge is 2.34. The predicted octanol–water partition coefficient (Wildman–Crippen LogP) is 3.46. The summed E-state index contributed by atoms with van der Waals surface area (Å²) < 4.78 is 0. The first-order valence-corrected chi connectivity index (χ1v) is 9.26. The molecule has 4 nitrogen and oxygen atoms in total. The van der Waals surface area contributed by atoms with Gasteiger partial charge in [-0.1, -0.05) is 6.07 Å². The zero-order valence-electron chi connectivity index (χ0n) is 13.7. The number of anilines is 1. The normalized spacial score (nSPS) is 16.1. The third kappa shape index (κ3) is 2.84. The van der Waals surface area contributed by atoms with Crippen molar-refractivity contribution >= 4 is 28.8 Å². The molecular formula is C19H20N2O2S. The number of hydrogen-bond donors (Lipinski definition) is 0. The molecule has 0 N–H and O–H groups in total. The van der Waals surface area contributed by atoms with Gasteiger partial charge in [0.1, 0.15) is 0 Å². The number of carbonyl (C=O) groups excluding carboxylic acids is 2. The van der Waals surface area contributed by atoms with Gasteiger partial charge >= 0.3 is 0 Å². The van der Waals surface area contributed by atoms with Crippen molar-refractivity contribution in [3.63, 3.8) is 0 Å². The van der Waals surface area contributed by atoms with Crippen molar-refractivity contribution in [3.8, 4) is 0 Å². The molecule has 1 saturated carbocycles. The van der Waals surface area contributed by atoms with Crippen LogP contribution < -0.4 is 4.90 Å². The fourth-order valence-electron chi connectivity index (χ4n) is 3.35. The Morgan fingerprint density at radius 3 is 2.79 bits per heavy atom. The molecule has 0 atom stereocenters. The molecule has 124 valence electrons. The van der Waals surface area contributed by atoms with Gasteiger partial charge < -0.3 is 9.80 Å². The minimum atomic E-state index is 0.0603. The molecule has 0 radical (unpaired) electrons. The molecule has 1 aliphatic heterocycles. The minimum absolute atomic E-state index is 0.0603. The van der Waals surface area contributed by atoms with E-state index in [4.69, 9.17) is 0 Å². The second-order valence-electron chi connectivity index (χ2n) is 6.51. The van der Waals surface area contributed by atoms with Crippen LogP contribution in [0.3, 0.4) is 0 Å². The van der Waals surface area contributed by atoms with Gasteiger partial charge in [-0.2, -0.15) is 0 Å². The molecule has 2 amide bonds. The van der Waals surface area contributed by atoms with Crippen LogP contribution in [0.2, 0.25) is 0 Å². The lowest BCUT2D eigenvalue weighted by Gasteiger charge is -2.22. The van der Waals surface area contributed by atoms with Gasteiger partial charge in [-0.25, -0.2) is 0 Å². The zero-order valence-corrected chi connectivity index (χ0v) is 14.5. The Bertz CT molecular complexity index is 781. The van der Waals surface area contributed by atoms with E-state index in [0.29, 0.717) is 19.1 Å². The first-order chi connectivity index (χ1) is 11.6. The quantitative estimate of drug-likeness (QED) is 0.855. The van der Waals surface area contributed by atoms with Crippen LogP contribution in [0, 0.1) is 0 Å². The Balaban J connectivity index is 1.58. The van der Waals surface area contributed by atoms with Crippen molar-refractivity contribution < 1.29 is 9.59 Å². The Morgan fingerprint density at radius 2 is 2.12 bits per heavy atom. The molecule has 0 unspecified atom stereocenters. The summed E-state index contributed by atoms with van der Waals surface area (Å²) in [6, 6.07) is 10.3. The molecule has 2 aliphatic rings. The number of carbonyl (C=O) groups is 2. The first kappa shape index (κ1) is 15.4. The van der Waals surface area contributed by atoms with Gasteiger partial charge in [0, 0.05) is 35.6 Å². The van der Waals surface area contributed by atoms with Gasteiger partial charge in [-0.05, 0) is 54.5 Å². The minimum Gasteiger partial charge on any atom is -0.331 e. The second kappa shape index (κ2) is 6.06. The van der Waals surface area contributed by atoms with E-state index in [0.717, 1.165) is 36.1 Å². The van der Waals surface area contributed by atoms with Gasteiger partial charge in [0.15, 0.2) is 0 Å². The van der Waals surface area contributed by atoms with E-state index in [2.05, 4.69) is 11.4 Å². The molecule has 4 rings (SSSR count). The molecule has 0 saturated heterocycles. The molecule has 1 aliphatic carbocycles. The number of nitrogens with zero attached hydrogens (tertiary/aromatic N) is 2. The molecule has 1 fully saturated rings. The van der Waals surface area contributed by atoms with Crippen LogP contribution in [-0.2, 0) is 17.8 Å². The van der Waals surface area contributed by atoms with Gasteiger partial charge in [0.2, 0.25) is 5.91 Å². The number of benzene rings is 1. The molecule has 1 aromatic carbocycles. The standard InChI is InChI=1S/C19H20N2O2S/c1-13(22)20-9-8-14-11-15(4-7-18(14)20)19(23)21(16-5-6-16)12-17-3-2-10-24-17/h2-4,7,10-11,16H,5-6,8-9,12H2,1H3. The van der Waals surface area contributed by atoms with Crippen LogP contribution in [0.15, 0.2) is 35.7 Å². The molecule has 5 heteroatoms. The van der Waals surface area contributed by atoms with E-state index in [1.807, 2.05) is 29.2 Å². The predicted molar refractivity (Wildman–Crippen MR) is 95.4 cm³/mol. The van der Waals surface area contributed by atoms with Crippen molar-refractivity contribution in [3.05, 3.63) is 51.7 Å². The van der Waals surface area contributed by atoms with Crippen molar-refractivity contribution in [2.75, 3.05) is 11.4 Å². The molecule has 0 spiro atoms. The lowest BCUT2D eigenvalue weighted by Crippen LogP contribution is -2.32. The number of fused-ring (bicyclic) bond motifs is 1. The molecule has 0 bridgehead atoms. The van der Waals surface area contributed by atoms with Crippen LogP contribution in [0.1, 0.15) is 40.6 Å². The smallest absolute Gasteiger partial charge is 0.254 e. The Hall–Kier alpha value is -2.14. The highest BCUT2D eigenvalue weighted by molar-refractivity contribution is 7.09. The Labute approximate surface area is 145 Å². The second-order valence-corrected chi connectivity index (χ2v) is 7.54. The SMILES string of the molecule is CC(=O)N1CCc2cc(C(=O)N(Cc3cccs3)C3CC3)ccc21. The highest BCUT2D eigenvalue weighted by Crippen LogP contribution is 2.33. The van der Waals surface area contributed by atoms with E-state index >= 15 is 0 Å². The maximum Gasteiger partial charge on any atom is 0.254 e. The molecule has 24 heavy (non-hydrogen) atoms. The summed E-state index contributed by atoms with van der Waals surface area (Å²) in [6.07, 6.45) is 3.02. The Kier molecular flexibility index (Phi) is 3.88. The van der Waals surface area contributed by atoms with Crippen molar-refractivity contribution in [1.82, 2.24) is 4.90 Å². The van der Waals surface area contributed by atoms with E-state index < -0.39 is 0 Å². The summed E-state index contributed by atoms with van der Waals surface area (Å²) in [7, 11) is 0. The van der Waals surface area contributed by atoms with Crippen molar-refractivity contribution in [2.24, 2.45) is 0 Å². The van der Waals surface area contributed by atoms with Crippen LogP contribution in [-0.4, -0.2) is 29.3 Å². The summed E-state index contributed by atoms with van der Waals surface area (Å²) in [5, 5.41) is 2.05. The number of rotatable bonds is 4. The topological polar surface area (TPSA) is 40.6 Å². The summed E-state index contributed by atoms with van der Waals surface area (Å²) in [6.45, 7) is 2.99. The summed E-state index contributed by atoms with van der Waals surface area (Å²) >= 11 is 1.69. The number of thiophene rings is 1. The monoisotopic (exact) mass is 340 g/mol. The maximum atomic E-state index is 13.0. The van der Waals surface area contributed by atoms with Crippen molar-refractivity contribution in [2.45, 2.75) is 38.8 Å². The summed E-state index contributed by atoms with van der Waals surface area (Å²) in [5.41, 5.74) is 2.79. The maximum absolute atomic E-state index is 13.0. The van der Waals surface area contributed by atoms with Crippen LogP contribution >= 0.6 is 11.3 Å². The molecule has 2 heterocycles. The van der Waals surface area contributed by atoms with Gasteiger partial charge in [0.25, 0.3) is 5.91 Å². The molecule has 2 aromatic rings. The largest absolute Gasteiger partial charge is 0.331 e. The van der Waals surface area contributed by atoms with Crippen LogP contribution in [0.4, 0.5) is 5.69 Å². The lowest BCUT2D eigenvalue weighted by atomic mass is 10.1. The lowest BCUT2D eigenvalue weighted by molar-refractivity contribution is -0.116. The summed E-state index contributed by atoms with van der Waals surface area (Å²) in [5.74, 6) is 0.167. The van der Waals surface area contributed by atoms with Crippen LogP contribution in [0.25, 0.3) is 0 Å². The first-order valence-electron chi connectivity index (χ1n) is 8.38. The average molecular weight is 340 g/mol. The van der Waals surface area contributed by atoms with Gasteiger partial charge in [-0.3, -0.25) is 9.59 Å². The number of hydrogen-bond acceptors (Lipinski definition) is 3. The van der Waals surface area contributed by atoms with E-state index in [1.165, 1.54) is 4.88 Å². The number of amides is 2. The fraction of sp³-hybridized carbons (Fsp3) is 0.368. The van der Waals surface area contributed by atoms with E-state index in [-0.39, 0.29) is 11.8 Å². The van der Waals surface area contributed by atoms with E-state index in [1.54, 1.807) is 23.2 Å². The fourth-order valence-corrected chi connectivity index (χ4v) is 4.05. The third-order valence-corrected chi connectivity index (χ3v) is 5.62. The Morgan fingerprint density at radius 1 is 1.29 bits per heavy atom. The molecular weight excluding hydrogens is 320 g/mol. The average Bonchev–Trinajstić information content (AvgIpc) is 3.11. The third-order valence-electron chi connectivity index (χ3n) is 4.76. The van der Waals surface area contributed by atoms with Gasteiger partial charge in [0.05, 0.1) is 6.54 Å². The van der Waals surface area contributed by atoms with Crippen molar-refractivity contribution in [1.29, 1.82) is 0 Å². The zero-order chi connectivity index (χ0) is 16.7. The van der Waals surface area contributed by atoms with E-state index in [9.17, 15) is 9.59 Å². The van der Waals surface area contributed by atoms with Gasteiger partial charge in [-0.15, -0.1) is 11.3 Å². The summed E-state index contributed by atoms with van der Waals surface area (Å²) in [4.78, 5) is 29.7. The van der Waals surface area contributed by atoms with Crippen LogP contribution in [0.5, 0.6) is 0 Å². The molecule has 1 aromatic heterocycles.